The number of aliphatic hydroxyl groups is 3. The Bertz CT molecular complexity index is 340. The van der Waals surface area contributed by atoms with Crippen molar-refractivity contribution in [1.29, 1.82) is 0 Å². The number of hydrogen-bond donors (Lipinski definition) is 4. The second-order valence-corrected chi connectivity index (χ2v) is 4.70. The van der Waals surface area contributed by atoms with Gasteiger partial charge >= 0.3 is 6.03 Å². The molecule has 2 aliphatic rings. The number of carbonyl (C=O) groups is 1. The molecule has 0 saturated carbocycles. The molecular weight excluding hydrogens is 252 g/mol. The number of rotatable bonds is 2. The number of nitrogens with one attached hydrogen (secondary N) is 1. The summed E-state index contributed by atoms with van der Waals surface area (Å²) in [7, 11) is 0. The van der Waals surface area contributed by atoms with Gasteiger partial charge in [-0.05, 0) is 0 Å². The molecule has 1 unspecified atom stereocenters. The van der Waals surface area contributed by atoms with Gasteiger partial charge in [0.25, 0.3) is 0 Å². The Morgan fingerprint density at radius 2 is 2.24 bits per heavy atom. The highest BCUT2D eigenvalue weighted by Crippen LogP contribution is 2.25. The predicted molar refractivity (Wildman–Crippen MR) is 55.4 cm³/mol. The van der Waals surface area contributed by atoms with Gasteiger partial charge in [0, 0.05) is 0 Å². The van der Waals surface area contributed by atoms with Gasteiger partial charge in [0.1, 0.15) is 29.7 Å². The maximum atomic E-state index is 11.5. The minimum atomic E-state index is -1.59. The van der Waals surface area contributed by atoms with Crippen LogP contribution < -0.4 is 4.72 Å². The fraction of sp³-hybridized carbons (Fsp3) is 0.625. The Morgan fingerprint density at radius 1 is 1.53 bits per heavy atom. The van der Waals surface area contributed by atoms with Gasteiger partial charge in [-0.2, -0.15) is 0 Å². The standard InChI is InChI=1S/C8H12N2O6S/c11-3-4-5(12)6(13)7(16-4)10-1-2-17(15)9-8(10)14/h1-2,4-7,11-13H,3H2,(H,9,14)/t4-,5-,6-,7-,17?/m1/s1. The molecule has 4 N–H and O–H groups in total. The minimum absolute atomic E-state index is 0.472. The van der Waals surface area contributed by atoms with Crippen LogP contribution in [0.1, 0.15) is 0 Å². The van der Waals surface area contributed by atoms with Crippen molar-refractivity contribution in [3.63, 3.8) is 0 Å². The van der Waals surface area contributed by atoms with Crippen molar-refractivity contribution in [2.75, 3.05) is 6.61 Å². The summed E-state index contributed by atoms with van der Waals surface area (Å²) in [6, 6.07) is -0.708. The summed E-state index contributed by atoms with van der Waals surface area (Å²) in [6.45, 7) is -0.472. The average molecular weight is 264 g/mol. The molecule has 9 heteroatoms. The van der Waals surface area contributed by atoms with Gasteiger partial charge in [0.2, 0.25) is 0 Å². The maximum Gasteiger partial charge on any atom is 0.365 e. The number of hydrogen-bond acceptors (Lipinski definition) is 6. The molecule has 0 aromatic carbocycles. The molecule has 2 rings (SSSR count). The van der Waals surface area contributed by atoms with Crippen molar-refractivity contribution >= 4 is 17.4 Å². The van der Waals surface area contributed by atoms with Crippen molar-refractivity contribution in [1.82, 2.24) is 9.62 Å². The SMILES string of the molecule is O=C1N[S+]([O-])C=CN1[C@@H]1O[C@H](CO)[C@@H](O)[C@H]1O. The Morgan fingerprint density at radius 3 is 2.76 bits per heavy atom. The zero-order chi connectivity index (χ0) is 12.6. The van der Waals surface area contributed by atoms with Gasteiger partial charge in [-0.1, -0.05) is 0 Å². The van der Waals surface area contributed by atoms with Gasteiger partial charge < -0.3 is 24.6 Å². The first-order chi connectivity index (χ1) is 8.04. The molecule has 1 fully saturated rings. The highest BCUT2D eigenvalue weighted by atomic mass is 32.2. The Hall–Kier alpha value is -0.840. The van der Waals surface area contributed by atoms with Crippen LogP contribution in [0.4, 0.5) is 4.79 Å². The van der Waals surface area contributed by atoms with E-state index in [-0.39, 0.29) is 0 Å². The Labute approximate surface area is 99.8 Å². The molecule has 8 nitrogen and oxygen atoms in total. The van der Waals surface area contributed by atoms with E-state index in [1.165, 1.54) is 11.6 Å². The van der Waals surface area contributed by atoms with E-state index in [1.54, 1.807) is 0 Å². The van der Waals surface area contributed by atoms with Crippen LogP contribution in [0.2, 0.25) is 0 Å². The number of ether oxygens (including phenoxy) is 1. The van der Waals surface area contributed by atoms with Crippen molar-refractivity contribution in [3.8, 4) is 0 Å². The molecular formula is C8H12N2O6S. The topological polar surface area (TPSA) is 125 Å². The van der Waals surface area contributed by atoms with Crippen LogP contribution >= 0.6 is 0 Å². The van der Waals surface area contributed by atoms with Crippen LogP contribution in [0.3, 0.4) is 0 Å². The Kier molecular flexibility index (Phi) is 3.56. The summed E-state index contributed by atoms with van der Waals surface area (Å²) in [5, 5.41) is 29.3. The van der Waals surface area contributed by atoms with E-state index in [4.69, 9.17) is 9.84 Å². The quantitative estimate of drug-likeness (QED) is 0.411. The van der Waals surface area contributed by atoms with E-state index in [2.05, 4.69) is 4.72 Å². The molecule has 5 atom stereocenters. The molecule has 2 amide bonds. The summed E-state index contributed by atoms with van der Waals surface area (Å²) in [5.41, 5.74) is 0. The summed E-state index contributed by atoms with van der Waals surface area (Å²) in [6.07, 6.45) is -3.48. The molecule has 17 heavy (non-hydrogen) atoms. The third-order valence-electron chi connectivity index (χ3n) is 2.56. The lowest BCUT2D eigenvalue weighted by Crippen LogP contribution is -2.51. The zero-order valence-corrected chi connectivity index (χ0v) is 9.41. The first-order valence-corrected chi connectivity index (χ1v) is 6.06. The van der Waals surface area contributed by atoms with E-state index in [0.717, 1.165) is 4.90 Å². The average Bonchev–Trinajstić information content (AvgIpc) is 2.57. The second kappa shape index (κ2) is 4.80. The molecule has 0 bridgehead atoms. The van der Waals surface area contributed by atoms with E-state index in [9.17, 15) is 19.6 Å². The fourth-order valence-electron chi connectivity index (χ4n) is 1.67. The van der Waals surface area contributed by atoms with Crippen molar-refractivity contribution in [2.24, 2.45) is 0 Å². The molecule has 2 aliphatic heterocycles. The highest BCUT2D eigenvalue weighted by Gasteiger charge is 2.47. The maximum absolute atomic E-state index is 11.5. The van der Waals surface area contributed by atoms with Gasteiger partial charge in [0.15, 0.2) is 11.6 Å². The lowest BCUT2D eigenvalue weighted by Gasteiger charge is -2.28. The third kappa shape index (κ3) is 2.25. The monoisotopic (exact) mass is 264 g/mol. The van der Waals surface area contributed by atoms with E-state index in [1.807, 2.05) is 0 Å². The molecule has 0 spiro atoms. The van der Waals surface area contributed by atoms with E-state index >= 15 is 0 Å². The van der Waals surface area contributed by atoms with Crippen molar-refractivity contribution in [2.45, 2.75) is 24.5 Å². The van der Waals surface area contributed by atoms with Crippen LogP contribution in [0, 0.1) is 0 Å². The zero-order valence-electron chi connectivity index (χ0n) is 8.59. The number of nitrogens with zero attached hydrogens (tertiary/aromatic N) is 1. The minimum Gasteiger partial charge on any atom is -0.588 e. The largest absolute Gasteiger partial charge is 0.588 e. The lowest BCUT2D eigenvalue weighted by atomic mass is 10.1. The van der Waals surface area contributed by atoms with Crippen LogP contribution in [0.5, 0.6) is 0 Å². The number of urea groups is 1. The van der Waals surface area contributed by atoms with Crippen LogP contribution in [-0.4, -0.2) is 62.0 Å². The molecule has 0 aliphatic carbocycles. The highest BCUT2D eigenvalue weighted by molar-refractivity contribution is 7.93. The number of amides is 2. The van der Waals surface area contributed by atoms with Crippen LogP contribution in [-0.2, 0) is 16.1 Å². The van der Waals surface area contributed by atoms with Crippen LogP contribution in [0.15, 0.2) is 11.6 Å². The molecule has 2 heterocycles. The summed E-state index contributed by atoms with van der Waals surface area (Å²) < 4.78 is 18.2. The number of aliphatic hydroxyl groups excluding tert-OH is 3. The van der Waals surface area contributed by atoms with Gasteiger partial charge in [0.05, 0.1) is 12.8 Å². The predicted octanol–water partition coefficient (Wildman–Crippen LogP) is -2.41. The van der Waals surface area contributed by atoms with Gasteiger partial charge in [-0.25, -0.2) is 4.79 Å². The normalized spacial score (nSPS) is 41.8. The molecule has 0 radical (unpaired) electrons. The first kappa shape index (κ1) is 12.6. The van der Waals surface area contributed by atoms with E-state index < -0.39 is 48.5 Å². The van der Waals surface area contributed by atoms with E-state index in [0.29, 0.717) is 0 Å². The molecule has 0 aromatic rings. The summed E-state index contributed by atoms with van der Waals surface area (Å²) >= 11 is -1.59. The fourth-order valence-corrected chi connectivity index (χ4v) is 2.26. The first-order valence-electron chi connectivity index (χ1n) is 4.85. The summed E-state index contributed by atoms with van der Waals surface area (Å²) in [5.74, 6) is 0. The number of carbonyl (C=O) groups excluding carboxylic acids is 1. The molecule has 96 valence electrons. The summed E-state index contributed by atoms with van der Waals surface area (Å²) in [4.78, 5) is 12.5. The third-order valence-corrected chi connectivity index (χ3v) is 3.30. The smallest absolute Gasteiger partial charge is 0.365 e. The Balaban J connectivity index is 2.13. The van der Waals surface area contributed by atoms with Gasteiger partial charge in [-0.15, -0.1) is 4.72 Å². The lowest BCUT2D eigenvalue weighted by molar-refractivity contribution is -0.0645. The van der Waals surface area contributed by atoms with Crippen molar-refractivity contribution in [3.05, 3.63) is 11.6 Å². The van der Waals surface area contributed by atoms with Crippen LogP contribution in [0.25, 0.3) is 0 Å². The van der Waals surface area contributed by atoms with Gasteiger partial charge in [-0.3, -0.25) is 4.90 Å². The van der Waals surface area contributed by atoms with Crippen molar-refractivity contribution < 1.29 is 29.4 Å². The molecule has 1 saturated heterocycles. The molecule has 0 aromatic heterocycles. The second-order valence-electron chi connectivity index (χ2n) is 3.63.